The predicted octanol–water partition coefficient (Wildman–Crippen LogP) is 1.44. The van der Waals surface area contributed by atoms with Gasteiger partial charge in [-0.3, -0.25) is 0 Å². The summed E-state index contributed by atoms with van der Waals surface area (Å²) in [6.45, 7) is 4.70. The van der Waals surface area contributed by atoms with Crippen molar-refractivity contribution >= 4 is 12.3 Å². The smallest absolute Gasteiger partial charge is 0.437 e. The van der Waals surface area contributed by atoms with Crippen LogP contribution >= 0.6 is 0 Å². The van der Waals surface area contributed by atoms with E-state index in [9.17, 15) is 9.59 Å². The van der Waals surface area contributed by atoms with Gasteiger partial charge in [-0.2, -0.15) is 0 Å². The molecule has 0 spiro atoms. The fourth-order valence-corrected chi connectivity index (χ4v) is 0.273. The predicted molar refractivity (Wildman–Crippen MR) is 34.8 cm³/mol. The van der Waals surface area contributed by atoms with E-state index in [-0.39, 0.29) is 5.76 Å². The van der Waals surface area contributed by atoms with E-state index in [0.717, 1.165) is 7.11 Å². The number of hydrogen-bond acceptors (Lipinski definition) is 5. The molecule has 0 radical (unpaired) electrons. The Bertz CT molecular complexity index is 183. The maximum Gasteiger partial charge on any atom is 0.523 e. The average Bonchev–Trinajstić information content (AvgIpc) is 1.85. The second-order valence-electron chi connectivity index (χ2n) is 1.61. The standard InChI is InChI=1S/C6H8O5/c1-4(2)10-6(8)11-5(7)9-3/h1H2,2-3H3. The highest BCUT2D eigenvalue weighted by atomic mass is 16.8. The van der Waals surface area contributed by atoms with Crippen molar-refractivity contribution in [1.82, 2.24) is 0 Å². The molecule has 0 bridgehead atoms. The fraction of sp³-hybridized carbons (Fsp3) is 0.333. The van der Waals surface area contributed by atoms with Crippen LogP contribution in [-0.4, -0.2) is 19.4 Å². The SMILES string of the molecule is C=C(C)OC(=O)OC(=O)OC. The van der Waals surface area contributed by atoms with E-state index in [1.807, 2.05) is 0 Å². The molecule has 0 saturated heterocycles. The third-order valence-electron chi connectivity index (χ3n) is 0.591. The lowest BCUT2D eigenvalue weighted by molar-refractivity contribution is 0.0599. The number of ether oxygens (including phenoxy) is 3. The molecule has 0 atom stereocenters. The molecule has 0 aromatic heterocycles. The van der Waals surface area contributed by atoms with E-state index in [0.29, 0.717) is 0 Å². The molecule has 0 saturated carbocycles. The van der Waals surface area contributed by atoms with Crippen LogP contribution in [0.2, 0.25) is 0 Å². The summed E-state index contributed by atoms with van der Waals surface area (Å²) < 4.78 is 12.2. The first-order chi connectivity index (χ1) is 5.06. The molecule has 0 heterocycles. The topological polar surface area (TPSA) is 61.8 Å². The number of allylic oxidation sites excluding steroid dienone is 1. The largest absolute Gasteiger partial charge is 0.523 e. The minimum Gasteiger partial charge on any atom is -0.437 e. The number of rotatable bonds is 1. The highest BCUT2D eigenvalue weighted by Crippen LogP contribution is 1.95. The first-order valence-electron chi connectivity index (χ1n) is 2.69. The van der Waals surface area contributed by atoms with Gasteiger partial charge in [0.25, 0.3) is 0 Å². The monoisotopic (exact) mass is 160 g/mol. The third kappa shape index (κ3) is 4.95. The first-order valence-corrected chi connectivity index (χ1v) is 2.69. The Balaban J connectivity index is 3.70. The molecule has 0 aromatic carbocycles. The molecular formula is C6H8O5. The molecule has 62 valence electrons. The lowest BCUT2D eigenvalue weighted by Gasteiger charge is -2.00. The van der Waals surface area contributed by atoms with Gasteiger partial charge >= 0.3 is 12.3 Å². The molecule has 0 fully saturated rings. The molecule has 0 rings (SSSR count). The molecule has 11 heavy (non-hydrogen) atoms. The second kappa shape index (κ2) is 4.32. The van der Waals surface area contributed by atoms with Crippen LogP contribution in [-0.2, 0) is 14.2 Å². The summed E-state index contributed by atoms with van der Waals surface area (Å²) in [6.07, 6.45) is -2.26. The van der Waals surface area contributed by atoms with Crippen molar-refractivity contribution in [3.8, 4) is 0 Å². The molecule has 5 heteroatoms. The van der Waals surface area contributed by atoms with Gasteiger partial charge in [0.1, 0.15) is 5.76 Å². The van der Waals surface area contributed by atoms with Gasteiger partial charge in [-0.1, -0.05) is 6.58 Å². The minimum atomic E-state index is -1.15. The summed E-state index contributed by atoms with van der Waals surface area (Å²) >= 11 is 0. The lowest BCUT2D eigenvalue weighted by atomic mass is 10.7. The van der Waals surface area contributed by atoms with Crippen LogP contribution in [0.1, 0.15) is 6.92 Å². The van der Waals surface area contributed by atoms with Crippen LogP contribution in [0, 0.1) is 0 Å². The summed E-state index contributed by atoms with van der Waals surface area (Å²) in [5.74, 6) is 0.138. The summed E-state index contributed by atoms with van der Waals surface area (Å²) in [6, 6.07) is 0. The lowest BCUT2D eigenvalue weighted by Crippen LogP contribution is -2.12. The molecule has 0 N–H and O–H groups in total. The first kappa shape index (κ1) is 9.48. The second-order valence-corrected chi connectivity index (χ2v) is 1.61. The molecule has 0 unspecified atom stereocenters. The Labute approximate surface area is 63.5 Å². The zero-order valence-electron chi connectivity index (χ0n) is 6.25. The normalized spacial score (nSPS) is 8.18. The molecule has 0 amide bonds. The Morgan fingerprint density at radius 3 is 2.09 bits per heavy atom. The fourth-order valence-electron chi connectivity index (χ4n) is 0.273. The van der Waals surface area contributed by atoms with Gasteiger partial charge in [0.2, 0.25) is 0 Å². The van der Waals surface area contributed by atoms with Crippen molar-refractivity contribution in [2.75, 3.05) is 7.11 Å². The van der Waals surface area contributed by atoms with Gasteiger partial charge in [-0.25, -0.2) is 9.59 Å². The number of carbonyl (C=O) groups is 2. The summed E-state index contributed by atoms with van der Waals surface area (Å²) in [5.41, 5.74) is 0. The zero-order chi connectivity index (χ0) is 8.85. The van der Waals surface area contributed by atoms with E-state index >= 15 is 0 Å². The summed E-state index contributed by atoms with van der Waals surface area (Å²) in [5, 5.41) is 0. The Morgan fingerprint density at radius 2 is 1.73 bits per heavy atom. The number of methoxy groups -OCH3 is 1. The van der Waals surface area contributed by atoms with Gasteiger partial charge in [0, 0.05) is 0 Å². The Hall–Kier alpha value is -1.52. The molecular weight excluding hydrogens is 152 g/mol. The maximum absolute atomic E-state index is 10.4. The molecule has 5 nitrogen and oxygen atoms in total. The number of carbonyl (C=O) groups excluding carboxylic acids is 2. The maximum atomic E-state index is 10.4. The summed E-state index contributed by atoms with van der Waals surface area (Å²) in [7, 11) is 1.08. The van der Waals surface area contributed by atoms with E-state index in [2.05, 4.69) is 20.8 Å². The molecule has 0 aliphatic heterocycles. The highest BCUT2D eigenvalue weighted by molar-refractivity contribution is 5.77. The van der Waals surface area contributed by atoms with E-state index in [1.54, 1.807) is 0 Å². The highest BCUT2D eigenvalue weighted by Gasteiger charge is 2.10. The van der Waals surface area contributed by atoms with E-state index < -0.39 is 12.3 Å². The van der Waals surface area contributed by atoms with E-state index in [4.69, 9.17) is 0 Å². The Kier molecular flexibility index (Phi) is 3.72. The van der Waals surface area contributed by atoms with Crippen molar-refractivity contribution in [2.45, 2.75) is 6.92 Å². The summed E-state index contributed by atoms with van der Waals surface area (Å²) in [4.78, 5) is 20.6. The zero-order valence-corrected chi connectivity index (χ0v) is 6.25. The van der Waals surface area contributed by atoms with Crippen molar-refractivity contribution in [3.05, 3.63) is 12.3 Å². The average molecular weight is 160 g/mol. The van der Waals surface area contributed by atoms with Gasteiger partial charge in [0.05, 0.1) is 7.11 Å². The number of hydrogen-bond donors (Lipinski definition) is 0. The van der Waals surface area contributed by atoms with E-state index in [1.165, 1.54) is 6.92 Å². The van der Waals surface area contributed by atoms with Gasteiger partial charge < -0.3 is 14.2 Å². The van der Waals surface area contributed by atoms with Crippen molar-refractivity contribution < 1.29 is 23.8 Å². The quantitative estimate of drug-likeness (QED) is 0.330. The molecule has 0 aromatic rings. The minimum absolute atomic E-state index is 0.138. The molecule has 0 aliphatic carbocycles. The third-order valence-corrected chi connectivity index (χ3v) is 0.591. The van der Waals surface area contributed by atoms with Crippen LogP contribution in [0.15, 0.2) is 12.3 Å². The van der Waals surface area contributed by atoms with Crippen LogP contribution in [0.5, 0.6) is 0 Å². The van der Waals surface area contributed by atoms with Gasteiger partial charge in [-0.15, -0.1) is 0 Å². The van der Waals surface area contributed by atoms with Crippen LogP contribution in [0.3, 0.4) is 0 Å². The van der Waals surface area contributed by atoms with Crippen LogP contribution < -0.4 is 0 Å². The van der Waals surface area contributed by atoms with Crippen LogP contribution in [0.4, 0.5) is 9.59 Å². The molecule has 0 aliphatic rings. The van der Waals surface area contributed by atoms with Gasteiger partial charge in [0.15, 0.2) is 0 Å². The van der Waals surface area contributed by atoms with Crippen LogP contribution in [0.25, 0.3) is 0 Å². The van der Waals surface area contributed by atoms with Crippen molar-refractivity contribution in [1.29, 1.82) is 0 Å². The van der Waals surface area contributed by atoms with Gasteiger partial charge in [-0.05, 0) is 6.92 Å². The van der Waals surface area contributed by atoms with Crippen molar-refractivity contribution in [3.63, 3.8) is 0 Å². The van der Waals surface area contributed by atoms with Crippen molar-refractivity contribution in [2.24, 2.45) is 0 Å². The Morgan fingerprint density at radius 1 is 1.18 bits per heavy atom.